The van der Waals surface area contributed by atoms with Crippen molar-refractivity contribution in [3.63, 3.8) is 0 Å². The highest BCUT2D eigenvalue weighted by molar-refractivity contribution is 5.70. The van der Waals surface area contributed by atoms with Crippen LogP contribution >= 0.6 is 0 Å². The van der Waals surface area contributed by atoms with Gasteiger partial charge in [-0.2, -0.15) is 0 Å². The van der Waals surface area contributed by atoms with E-state index in [-0.39, 0.29) is 5.92 Å². The predicted molar refractivity (Wildman–Crippen MR) is 83.3 cm³/mol. The van der Waals surface area contributed by atoms with E-state index in [1.165, 1.54) is 30.4 Å². The van der Waals surface area contributed by atoms with E-state index < -0.39 is 5.97 Å². The summed E-state index contributed by atoms with van der Waals surface area (Å²) in [5.74, 6) is 0.0585. The minimum atomic E-state index is -0.625. The fourth-order valence-electron chi connectivity index (χ4n) is 3.46. The molecule has 2 fully saturated rings. The number of benzene rings is 1. The van der Waals surface area contributed by atoms with E-state index >= 15 is 0 Å². The summed E-state index contributed by atoms with van der Waals surface area (Å²) in [4.78, 5) is 10.9. The van der Waals surface area contributed by atoms with Gasteiger partial charge >= 0.3 is 5.97 Å². The van der Waals surface area contributed by atoms with E-state index in [0.29, 0.717) is 6.04 Å². The van der Waals surface area contributed by atoms with Crippen molar-refractivity contribution in [3.05, 3.63) is 35.4 Å². The van der Waals surface area contributed by atoms with Gasteiger partial charge in [-0.1, -0.05) is 30.7 Å². The number of nitrogens with one attached hydrogen (secondary N) is 1. The molecule has 2 saturated carbocycles. The van der Waals surface area contributed by atoms with Crippen LogP contribution in [0.2, 0.25) is 0 Å². The van der Waals surface area contributed by atoms with Crippen molar-refractivity contribution in [1.29, 1.82) is 0 Å². The Kier molecular flexibility index (Phi) is 4.59. The minimum absolute atomic E-state index is 0.121. The zero-order valence-electron chi connectivity index (χ0n) is 12.6. The maximum atomic E-state index is 10.9. The molecular formula is C18H25NO2. The van der Waals surface area contributed by atoms with Crippen molar-refractivity contribution in [2.45, 2.75) is 63.5 Å². The smallest absolute Gasteiger partial charge is 0.306 e. The summed E-state index contributed by atoms with van der Waals surface area (Å²) in [5, 5.41) is 12.6. The molecule has 0 aromatic heterocycles. The summed E-state index contributed by atoms with van der Waals surface area (Å²) in [6.07, 6.45) is 7.68. The van der Waals surface area contributed by atoms with E-state index in [2.05, 4.69) is 29.6 Å². The Morgan fingerprint density at radius 2 is 1.71 bits per heavy atom. The number of carbonyl (C=O) groups is 1. The average molecular weight is 287 g/mol. The molecular weight excluding hydrogens is 262 g/mol. The van der Waals surface area contributed by atoms with Gasteiger partial charge in [0.15, 0.2) is 0 Å². The Morgan fingerprint density at radius 1 is 1.05 bits per heavy atom. The van der Waals surface area contributed by atoms with Crippen LogP contribution in [0.1, 0.15) is 62.0 Å². The zero-order chi connectivity index (χ0) is 14.7. The molecule has 2 aliphatic carbocycles. The standard InChI is InChI=1S/C18H25NO2/c20-18(21)16-8-10-17(11-9-16)19-12-13-4-6-15(7-5-13)14-2-1-3-14/h4-7,14,16-17,19H,1-3,8-12H2,(H,20,21). The minimum Gasteiger partial charge on any atom is -0.481 e. The fourth-order valence-corrected chi connectivity index (χ4v) is 3.46. The third-order valence-corrected chi connectivity index (χ3v) is 5.23. The number of carboxylic acids is 1. The van der Waals surface area contributed by atoms with E-state index in [4.69, 9.17) is 5.11 Å². The predicted octanol–water partition coefficient (Wildman–Crippen LogP) is 3.69. The van der Waals surface area contributed by atoms with Gasteiger partial charge in [-0.15, -0.1) is 0 Å². The molecule has 2 aliphatic rings. The van der Waals surface area contributed by atoms with Crippen LogP contribution in [0.5, 0.6) is 0 Å². The van der Waals surface area contributed by atoms with Crippen LogP contribution < -0.4 is 5.32 Å². The highest BCUT2D eigenvalue weighted by Crippen LogP contribution is 2.36. The van der Waals surface area contributed by atoms with Crippen molar-refractivity contribution < 1.29 is 9.90 Å². The van der Waals surface area contributed by atoms with Crippen molar-refractivity contribution in [1.82, 2.24) is 5.32 Å². The van der Waals surface area contributed by atoms with Crippen LogP contribution in [0.25, 0.3) is 0 Å². The molecule has 0 amide bonds. The van der Waals surface area contributed by atoms with Gasteiger partial charge in [-0.3, -0.25) is 4.79 Å². The zero-order valence-corrected chi connectivity index (χ0v) is 12.6. The quantitative estimate of drug-likeness (QED) is 0.868. The van der Waals surface area contributed by atoms with Crippen LogP contribution in [0, 0.1) is 5.92 Å². The molecule has 0 aliphatic heterocycles. The van der Waals surface area contributed by atoms with Crippen molar-refractivity contribution in [3.8, 4) is 0 Å². The molecule has 114 valence electrons. The Balaban J connectivity index is 1.44. The normalized spacial score (nSPS) is 26.3. The molecule has 1 aromatic carbocycles. The molecule has 3 heteroatoms. The Bertz CT molecular complexity index is 470. The van der Waals surface area contributed by atoms with E-state index in [9.17, 15) is 4.79 Å². The molecule has 21 heavy (non-hydrogen) atoms. The number of carboxylic acid groups (broad SMARTS) is 1. The van der Waals surface area contributed by atoms with E-state index in [0.717, 1.165) is 38.1 Å². The van der Waals surface area contributed by atoms with Gasteiger partial charge in [0, 0.05) is 12.6 Å². The largest absolute Gasteiger partial charge is 0.481 e. The second-order valence-corrected chi connectivity index (χ2v) is 6.64. The topological polar surface area (TPSA) is 49.3 Å². The molecule has 0 heterocycles. The van der Waals surface area contributed by atoms with E-state index in [1.54, 1.807) is 0 Å². The van der Waals surface area contributed by atoms with Crippen molar-refractivity contribution in [2.24, 2.45) is 5.92 Å². The summed E-state index contributed by atoms with van der Waals surface area (Å²) in [6, 6.07) is 9.52. The van der Waals surface area contributed by atoms with Gasteiger partial charge in [0.1, 0.15) is 0 Å². The van der Waals surface area contributed by atoms with Crippen LogP contribution in [-0.2, 0) is 11.3 Å². The monoisotopic (exact) mass is 287 g/mol. The van der Waals surface area contributed by atoms with Gasteiger partial charge in [-0.05, 0) is 55.6 Å². The summed E-state index contributed by atoms with van der Waals surface area (Å²) < 4.78 is 0. The number of rotatable bonds is 5. The van der Waals surface area contributed by atoms with Gasteiger partial charge in [0.2, 0.25) is 0 Å². The lowest BCUT2D eigenvalue weighted by Gasteiger charge is -2.27. The first-order valence-electron chi connectivity index (χ1n) is 8.27. The molecule has 0 unspecified atom stereocenters. The SMILES string of the molecule is O=C(O)C1CCC(NCc2ccc(C3CCC3)cc2)CC1. The summed E-state index contributed by atoms with van der Waals surface area (Å²) in [5.41, 5.74) is 2.82. The van der Waals surface area contributed by atoms with E-state index in [1.807, 2.05) is 0 Å². The molecule has 0 atom stereocenters. The molecule has 0 radical (unpaired) electrons. The summed E-state index contributed by atoms with van der Waals surface area (Å²) in [6.45, 7) is 0.896. The van der Waals surface area contributed by atoms with Crippen molar-refractivity contribution >= 4 is 5.97 Å². The lowest BCUT2D eigenvalue weighted by molar-refractivity contribution is -0.142. The number of hydrogen-bond donors (Lipinski definition) is 2. The molecule has 0 bridgehead atoms. The van der Waals surface area contributed by atoms with Crippen LogP contribution in [-0.4, -0.2) is 17.1 Å². The van der Waals surface area contributed by atoms with Crippen LogP contribution in [0.4, 0.5) is 0 Å². The van der Waals surface area contributed by atoms with Gasteiger partial charge in [-0.25, -0.2) is 0 Å². The maximum absolute atomic E-state index is 10.9. The number of hydrogen-bond acceptors (Lipinski definition) is 2. The van der Waals surface area contributed by atoms with Crippen LogP contribution in [0.15, 0.2) is 24.3 Å². The second-order valence-electron chi connectivity index (χ2n) is 6.64. The Hall–Kier alpha value is -1.35. The summed E-state index contributed by atoms with van der Waals surface area (Å²) >= 11 is 0. The highest BCUT2D eigenvalue weighted by Gasteiger charge is 2.25. The molecule has 0 saturated heterocycles. The molecule has 0 spiro atoms. The van der Waals surface area contributed by atoms with Gasteiger partial charge in [0.25, 0.3) is 0 Å². The second kappa shape index (κ2) is 6.61. The molecule has 2 N–H and O–H groups in total. The van der Waals surface area contributed by atoms with Crippen LogP contribution in [0.3, 0.4) is 0 Å². The first kappa shape index (κ1) is 14.6. The molecule has 3 rings (SSSR count). The lowest BCUT2D eigenvalue weighted by Crippen LogP contribution is -2.34. The Morgan fingerprint density at radius 3 is 2.24 bits per heavy atom. The fraction of sp³-hybridized carbons (Fsp3) is 0.611. The van der Waals surface area contributed by atoms with Crippen molar-refractivity contribution in [2.75, 3.05) is 0 Å². The molecule has 1 aromatic rings. The third-order valence-electron chi connectivity index (χ3n) is 5.23. The maximum Gasteiger partial charge on any atom is 0.306 e. The number of aliphatic carboxylic acids is 1. The van der Waals surface area contributed by atoms with Gasteiger partial charge in [0.05, 0.1) is 5.92 Å². The van der Waals surface area contributed by atoms with Gasteiger partial charge < -0.3 is 10.4 Å². The average Bonchev–Trinajstić information content (AvgIpc) is 2.45. The first-order chi connectivity index (χ1) is 10.2. The first-order valence-corrected chi connectivity index (χ1v) is 8.27. The molecule has 3 nitrogen and oxygen atoms in total. The summed E-state index contributed by atoms with van der Waals surface area (Å²) in [7, 11) is 0. The lowest BCUT2D eigenvalue weighted by atomic mass is 9.80. The third kappa shape index (κ3) is 3.65. The highest BCUT2D eigenvalue weighted by atomic mass is 16.4. The Labute approximate surface area is 126 Å².